The highest BCUT2D eigenvalue weighted by atomic mass is 32.2. The van der Waals surface area contributed by atoms with Gasteiger partial charge in [0.25, 0.3) is 0 Å². The maximum atomic E-state index is 12.8. The number of carbonyl (C=O) groups is 2. The van der Waals surface area contributed by atoms with Gasteiger partial charge in [0.2, 0.25) is 11.8 Å². The summed E-state index contributed by atoms with van der Waals surface area (Å²) in [5.74, 6) is 0.208. The topological polar surface area (TPSA) is 59.5 Å². The molecule has 3 aromatic rings. The van der Waals surface area contributed by atoms with Crippen LogP contribution in [0.2, 0.25) is 0 Å². The Kier molecular flexibility index (Phi) is 4.19. The average molecular weight is 370 g/mol. The molecule has 7 heteroatoms. The Labute approximate surface area is 152 Å². The number of fused-ring (bicyclic) bond motifs is 1. The molecule has 1 aromatic heterocycles. The predicted molar refractivity (Wildman–Crippen MR) is 99.4 cm³/mol. The van der Waals surface area contributed by atoms with E-state index >= 15 is 0 Å². The summed E-state index contributed by atoms with van der Waals surface area (Å²) < 4.78 is 7.06. The summed E-state index contributed by atoms with van der Waals surface area (Å²) in [5.41, 5.74) is 1.46. The normalized spacial score (nSPS) is 17.5. The fraction of sp³-hybridized carbons (Fsp3) is 0.167. The number of ether oxygens (including phenoxy) is 1. The SMILES string of the molecule is COc1cccc(N2C(=O)C[C@@H](Sc3nc4ccccc4s3)C2=O)c1. The van der Waals surface area contributed by atoms with Crippen LogP contribution in [0.25, 0.3) is 10.2 Å². The molecule has 2 heterocycles. The van der Waals surface area contributed by atoms with Crippen molar-refractivity contribution in [1.82, 2.24) is 4.98 Å². The van der Waals surface area contributed by atoms with Gasteiger partial charge in [0, 0.05) is 12.5 Å². The minimum atomic E-state index is -0.445. The number of thioether (sulfide) groups is 1. The Morgan fingerprint density at radius 3 is 2.84 bits per heavy atom. The number of rotatable bonds is 4. The van der Waals surface area contributed by atoms with E-state index in [4.69, 9.17) is 4.74 Å². The third-order valence-corrected chi connectivity index (χ3v) is 6.25. The Balaban J connectivity index is 1.58. The van der Waals surface area contributed by atoms with Gasteiger partial charge in [0.15, 0.2) is 4.34 Å². The Bertz CT molecular complexity index is 937. The Morgan fingerprint density at radius 2 is 2.04 bits per heavy atom. The fourth-order valence-electron chi connectivity index (χ4n) is 2.74. The highest BCUT2D eigenvalue weighted by Crippen LogP contribution is 2.37. The number of para-hydroxylation sites is 1. The van der Waals surface area contributed by atoms with Crippen LogP contribution >= 0.6 is 23.1 Å². The van der Waals surface area contributed by atoms with Crippen molar-refractivity contribution < 1.29 is 14.3 Å². The van der Waals surface area contributed by atoms with Gasteiger partial charge in [-0.15, -0.1) is 11.3 Å². The molecule has 0 unspecified atom stereocenters. The van der Waals surface area contributed by atoms with Crippen LogP contribution in [-0.4, -0.2) is 29.2 Å². The molecule has 4 rings (SSSR count). The van der Waals surface area contributed by atoms with E-state index in [-0.39, 0.29) is 18.2 Å². The minimum absolute atomic E-state index is 0.177. The highest BCUT2D eigenvalue weighted by Gasteiger charge is 2.40. The van der Waals surface area contributed by atoms with Gasteiger partial charge in [-0.2, -0.15) is 0 Å². The molecule has 126 valence electrons. The number of imide groups is 1. The van der Waals surface area contributed by atoms with Gasteiger partial charge >= 0.3 is 0 Å². The fourth-order valence-corrected chi connectivity index (χ4v) is 5.07. The van der Waals surface area contributed by atoms with Gasteiger partial charge in [-0.1, -0.05) is 30.0 Å². The number of methoxy groups -OCH3 is 1. The highest BCUT2D eigenvalue weighted by molar-refractivity contribution is 8.02. The zero-order valence-electron chi connectivity index (χ0n) is 13.3. The van der Waals surface area contributed by atoms with Gasteiger partial charge < -0.3 is 4.74 Å². The molecule has 5 nitrogen and oxygen atoms in total. The van der Waals surface area contributed by atoms with Crippen LogP contribution in [0.4, 0.5) is 5.69 Å². The van der Waals surface area contributed by atoms with Crippen LogP contribution in [0.15, 0.2) is 52.9 Å². The van der Waals surface area contributed by atoms with E-state index in [9.17, 15) is 9.59 Å². The number of hydrogen-bond donors (Lipinski definition) is 0. The maximum absolute atomic E-state index is 12.8. The molecule has 1 aliphatic rings. The maximum Gasteiger partial charge on any atom is 0.247 e. The van der Waals surface area contributed by atoms with Crippen LogP contribution in [0.1, 0.15) is 6.42 Å². The van der Waals surface area contributed by atoms with E-state index in [1.54, 1.807) is 42.7 Å². The number of aromatic nitrogens is 1. The second-order valence-corrected chi connectivity index (χ2v) is 8.01. The van der Waals surface area contributed by atoms with Gasteiger partial charge in [0.05, 0.1) is 23.0 Å². The molecule has 1 fully saturated rings. The molecule has 25 heavy (non-hydrogen) atoms. The molecule has 1 aliphatic heterocycles. The molecule has 0 radical (unpaired) electrons. The smallest absolute Gasteiger partial charge is 0.247 e. The molecule has 0 aliphatic carbocycles. The second kappa shape index (κ2) is 6.50. The number of nitrogens with zero attached hydrogens (tertiary/aromatic N) is 2. The van der Waals surface area contributed by atoms with Crippen LogP contribution in [-0.2, 0) is 9.59 Å². The van der Waals surface area contributed by atoms with E-state index in [0.717, 1.165) is 14.6 Å². The van der Waals surface area contributed by atoms with Gasteiger partial charge in [-0.3, -0.25) is 9.59 Å². The summed E-state index contributed by atoms with van der Waals surface area (Å²) in [6, 6.07) is 14.8. The van der Waals surface area contributed by atoms with E-state index in [0.29, 0.717) is 11.4 Å². The number of anilines is 1. The van der Waals surface area contributed by atoms with Crippen LogP contribution < -0.4 is 9.64 Å². The van der Waals surface area contributed by atoms with E-state index < -0.39 is 5.25 Å². The largest absolute Gasteiger partial charge is 0.497 e. The lowest BCUT2D eigenvalue weighted by Gasteiger charge is -2.15. The van der Waals surface area contributed by atoms with Crippen molar-refractivity contribution in [2.45, 2.75) is 16.0 Å². The number of amides is 2. The zero-order valence-corrected chi connectivity index (χ0v) is 15.0. The lowest BCUT2D eigenvalue weighted by atomic mass is 10.3. The van der Waals surface area contributed by atoms with Crippen molar-refractivity contribution in [3.8, 4) is 5.75 Å². The minimum Gasteiger partial charge on any atom is -0.497 e. The molecular formula is C18H14N2O3S2. The summed E-state index contributed by atoms with van der Waals surface area (Å²) in [7, 11) is 1.55. The monoisotopic (exact) mass is 370 g/mol. The van der Waals surface area contributed by atoms with Crippen LogP contribution in [0, 0.1) is 0 Å². The molecule has 1 saturated heterocycles. The van der Waals surface area contributed by atoms with Gasteiger partial charge in [0.1, 0.15) is 11.0 Å². The lowest BCUT2D eigenvalue weighted by molar-refractivity contribution is -0.121. The van der Waals surface area contributed by atoms with Gasteiger partial charge in [-0.05, 0) is 24.3 Å². The first-order chi connectivity index (χ1) is 12.2. The molecule has 0 saturated carbocycles. The van der Waals surface area contributed by atoms with E-state index in [1.807, 2.05) is 24.3 Å². The molecule has 0 bridgehead atoms. The number of hydrogen-bond acceptors (Lipinski definition) is 6. The molecular weight excluding hydrogens is 356 g/mol. The quantitative estimate of drug-likeness (QED) is 0.655. The van der Waals surface area contributed by atoms with Crippen molar-refractivity contribution in [2.75, 3.05) is 12.0 Å². The third-order valence-electron chi connectivity index (χ3n) is 3.93. The van der Waals surface area contributed by atoms with Crippen molar-refractivity contribution in [2.24, 2.45) is 0 Å². The second-order valence-electron chi connectivity index (χ2n) is 5.53. The summed E-state index contributed by atoms with van der Waals surface area (Å²) in [6.07, 6.45) is 0.177. The first kappa shape index (κ1) is 16.1. The van der Waals surface area contributed by atoms with Crippen molar-refractivity contribution in [1.29, 1.82) is 0 Å². The average Bonchev–Trinajstić information content (AvgIpc) is 3.15. The summed E-state index contributed by atoms with van der Waals surface area (Å²) in [4.78, 5) is 30.9. The van der Waals surface area contributed by atoms with Gasteiger partial charge in [-0.25, -0.2) is 9.88 Å². The van der Waals surface area contributed by atoms with E-state index in [1.165, 1.54) is 16.7 Å². The molecule has 0 N–H and O–H groups in total. The molecule has 1 atom stereocenters. The first-order valence-corrected chi connectivity index (χ1v) is 9.38. The van der Waals surface area contributed by atoms with Crippen molar-refractivity contribution >= 4 is 50.8 Å². The predicted octanol–water partition coefficient (Wildman–Crippen LogP) is 3.73. The standard InChI is InChI=1S/C18H14N2O3S2/c1-23-12-6-4-5-11(9-12)20-16(21)10-15(17(20)22)25-18-19-13-7-2-3-8-14(13)24-18/h2-9,15H,10H2,1H3/t15-/m1/s1. The molecule has 0 spiro atoms. The summed E-state index contributed by atoms with van der Waals surface area (Å²) >= 11 is 2.90. The Hall–Kier alpha value is -2.38. The van der Waals surface area contributed by atoms with E-state index in [2.05, 4.69) is 4.98 Å². The summed E-state index contributed by atoms with van der Waals surface area (Å²) in [5, 5.41) is -0.445. The van der Waals surface area contributed by atoms with Crippen molar-refractivity contribution in [3.05, 3.63) is 48.5 Å². The zero-order chi connectivity index (χ0) is 17.4. The lowest BCUT2D eigenvalue weighted by Crippen LogP contribution is -2.31. The number of thiazole rings is 1. The van der Waals surface area contributed by atoms with Crippen molar-refractivity contribution in [3.63, 3.8) is 0 Å². The molecule has 2 aromatic carbocycles. The van der Waals surface area contributed by atoms with Crippen LogP contribution in [0.3, 0.4) is 0 Å². The number of benzene rings is 2. The third kappa shape index (κ3) is 3.01. The summed E-state index contributed by atoms with van der Waals surface area (Å²) in [6.45, 7) is 0. The van der Waals surface area contributed by atoms with Crippen LogP contribution in [0.5, 0.6) is 5.75 Å². The number of carbonyl (C=O) groups excluding carboxylic acids is 2. The first-order valence-electron chi connectivity index (χ1n) is 7.69. The Morgan fingerprint density at radius 1 is 1.20 bits per heavy atom. The molecule has 2 amide bonds.